The Morgan fingerprint density at radius 3 is 2.26 bits per heavy atom. The van der Waals surface area contributed by atoms with E-state index in [1.54, 1.807) is 6.92 Å². The van der Waals surface area contributed by atoms with Crippen molar-refractivity contribution in [2.45, 2.75) is 58.7 Å². The number of rotatable bonds is 6. The van der Waals surface area contributed by atoms with E-state index in [0.29, 0.717) is 6.54 Å². The van der Waals surface area contributed by atoms with Crippen molar-refractivity contribution in [2.75, 3.05) is 13.7 Å². The molecule has 0 aromatic heterocycles. The molecule has 2 unspecified atom stereocenters. The van der Waals surface area contributed by atoms with Crippen LogP contribution in [0.4, 0.5) is 4.79 Å². The van der Waals surface area contributed by atoms with E-state index in [0.717, 1.165) is 6.42 Å². The Balaban J connectivity index is 4.13. The Hall–Kier alpha value is -1.30. The average molecular weight is 274 g/mol. The van der Waals surface area contributed by atoms with Crippen LogP contribution in [0.2, 0.25) is 0 Å². The van der Waals surface area contributed by atoms with E-state index in [9.17, 15) is 9.59 Å². The highest BCUT2D eigenvalue weighted by Gasteiger charge is 2.19. The fourth-order valence-electron chi connectivity index (χ4n) is 1.44. The molecule has 0 fully saturated rings. The Labute approximate surface area is 115 Å². The summed E-state index contributed by atoms with van der Waals surface area (Å²) in [5.41, 5.74) is -0.515. The quantitative estimate of drug-likeness (QED) is 0.717. The summed E-state index contributed by atoms with van der Waals surface area (Å²) < 4.78 is 9.77. The van der Waals surface area contributed by atoms with Gasteiger partial charge in [0.1, 0.15) is 11.6 Å². The van der Waals surface area contributed by atoms with Gasteiger partial charge in [-0.2, -0.15) is 0 Å². The second-order valence-electron chi connectivity index (χ2n) is 5.40. The van der Waals surface area contributed by atoms with Crippen LogP contribution in [-0.2, 0) is 14.3 Å². The van der Waals surface area contributed by atoms with Crippen LogP contribution in [0.5, 0.6) is 0 Å². The third-order valence-corrected chi connectivity index (χ3v) is 2.42. The predicted molar refractivity (Wildman–Crippen MR) is 72.9 cm³/mol. The van der Waals surface area contributed by atoms with Crippen molar-refractivity contribution < 1.29 is 19.1 Å². The molecule has 0 aromatic rings. The highest BCUT2D eigenvalue weighted by atomic mass is 16.6. The van der Waals surface area contributed by atoms with Crippen LogP contribution in [0.1, 0.15) is 41.0 Å². The third kappa shape index (κ3) is 8.42. The minimum Gasteiger partial charge on any atom is -0.468 e. The number of esters is 1. The zero-order valence-corrected chi connectivity index (χ0v) is 12.7. The monoisotopic (exact) mass is 274 g/mol. The maximum atomic E-state index is 11.5. The lowest BCUT2D eigenvalue weighted by atomic mass is 10.2. The molecule has 0 aliphatic carbocycles. The second-order valence-corrected chi connectivity index (χ2v) is 5.40. The van der Waals surface area contributed by atoms with Crippen molar-refractivity contribution in [1.29, 1.82) is 0 Å². The molecule has 0 saturated heterocycles. The third-order valence-electron chi connectivity index (χ3n) is 2.42. The average Bonchev–Trinajstić information content (AvgIpc) is 2.30. The van der Waals surface area contributed by atoms with Crippen molar-refractivity contribution in [3.05, 3.63) is 0 Å². The maximum Gasteiger partial charge on any atom is 0.407 e. The molecule has 2 N–H and O–H groups in total. The lowest BCUT2D eigenvalue weighted by Crippen LogP contribution is -2.48. The number of alkyl carbamates (subject to hydrolysis) is 1. The van der Waals surface area contributed by atoms with Gasteiger partial charge in [0, 0.05) is 12.6 Å². The molecule has 0 saturated carbocycles. The smallest absolute Gasteiger partial charge is 0.407 e. The van der Waals surface area contributed by atoms with E-state index >= 15 is 0 Å². The number of amides is 1. The number of nitrogens with one attached hydrogen (secondary N) is 2. The SMILES string of the molecule is CCC(CNC(=O)OC(C)(C)C)NC(C)C(=O)OC. The second kappa shape index (κ2) is 7.99. The van der Waals surface area contributed by atoms with Crippen molar-refractivity contribution in [3.63, 3.8) is 0 Å². The van der Waals surface area contributed by atoms with E-state index in [2.05, 4.69) is 15.4 Å². The molecular formula is C13H26N2O4. The normalized spacial score (nSPS) is 14.4. The Bertz CT molecular complexity index is 300. The number of hydrogen-bond acceptors (Lipinski definition) is 5. The Morgan fingerprint density at radius 2 is 1.84 bits per heavy atom. The number of carbonyl (C=O) groups excluding carboxylic acids is 2. The molecule has 0 aromatic carbocycles. The molecule has 0 spiro atoms. The number of carbonyl (C=O) groups is 2. The van der Waals surface area contributed by atoms with Crippen molar-refractivity contribution in [3.8, 4) is 0 Å². The van der Waals surface area contributed by atoms with Crippen molar-refractivity contribution in [2.24, 2.45) is 0 Å². The van der Waals surface area contributed by atoms with Gasteiger partial charge >= 0.3 is 12.1 Å². The van der Waals surface area contributed by atoms with Gasteiger partial charge in [-0.25, -0.2) is 4.79 Å². The first-order valence-electron chi connectivity index (χ1n) is 6.50. The molecular weight excluding hydrogens is 248 g/mol. The standard InChI is InChI=1S/C13H26N2O4/c1-7-10(15-9(2)11(16)18-6)8-14-12(17)19-13(3,4)5/h9-10,15H,7-8H2,1-6H3,(H,14,17). The molecule has 112 valence electrons. The number of hydrogen-bond donors (Lipinski definition) is 2. The summed E-state index contributed by atoms with van der Waals surface area (Å²) in [6, 6.07) is -0.419. The molecule has 0 aliphatic rings. The lowest BCUT2D eigenvalue weighted by molar-refractivity contribution is -0.142. The first kappa shape index (κ1) is 17.7. The molecule has 1 amide bonds. The van der Waals surface area contributed by atoms with Gasteiger partial charge in [-0.3, -0.25) is 4.79 Å². The van der Waals surface area contributed by atoms with Gasteiger partial charge in [-0.05, 0) is 34.1 Å². The van der Waals surface area contributed by atoms with Gasteiger partial charge in [0.2, 0.25) is 0 Å². The van der Waals surface area contributed by atoms with Gasteiger partial charge in [0.05, 0.1) is 7.11 Å². The molecule has 19 heavy (non-hydrogen) atoms. The Morgan fingerprint density at radius 1 is 1.26 bits per heavy atom. The number of ether oxygens (including phenoxy) is 2. The highest BCUT2D eigenvalue weighted by molar-refractivity contribution is 5.75. The van der Waals surface area contributed by atoms with Crippen LogP contribution in [0, 0.1) is 0 Å². The minimum atomic E-state index is -0.515. The van der Waals surface area contributed by atoms with E-state index < -0.39 is 17.7 Å². The molecule has 0 radical (unpaired) electrons. The summed E-state index contributed by atoms with van der Waals surface area (Å²) in [7, 11) is 1.35. The fourth-order valence-corrected chi connectivity index (χ4v) is 1.44. The molecule has 0 rings (SSSR count). The molecule has 0 aliphatic heterocycles. The number of methoxy groups -OCH3 is 1. The minimum absolute atomic E-state index is 0.0124. The van der Waals surface area contributed by atoms with E-state index in [4.69, 9.17) is 4.74 Å². The first-order valence-corrected chi connectivity index (χ1v) is 6.50. The van der Waals surface area contributed by atoms with Crippen LogP contribution >= 0.6 is 0 Å². The van der Waals surface area contributed by atoms with Crippen molar-refractivity contribution in [1.82, 2.24) is 10.6 Å². The first-order chi connectivity index (χ1) is 8.69. The largest absolute Gasteiger partial charge is 0.468 e. The fraction of sp³-hybridized carbons (Fsp3) is 0.846. The molecule has 6 nitrogen and oxygen atoms in total. The molecule has 0 bridgehead atoms. The van der Waals surface area contributed by atoms with Crippen LogP contribution in [0.25, 0.3) is 0 Å². The highest BCUT2D eigenvalue weighted by Crippen LogP contribution is 2.06. The van der Waals surface area contributed by atoms with Crippen LogP contribution in [-0.4, -0.2) is 43.4 Å². The summed E-state index contributed by atoms with van der Waals surface area (Å²) in [6.45, 7) is 9.51. The van der Waals surface area contributed by atoms with Gasteiger partial charge in [-0.15, -0.1) is 0 Å². The van der Waals surface area contributed by atoms with E-state index in [1.165, 1.54) is 7.11 Å². The lowest BCUT2D eigenvalue weighted by Gasteiger charge is -2.23. The zero-order valence-electron chi connectivity index (χ0n) is 12.7. The maximum absolute atomic E-state index is 11.5. The molecule has 6 heteroatoms. The molecule has 2 atom stereocenters. The predicted octanol–water partition coefficient (Wildman–Crippen LogP) is 1.44. The zero-order chi connectivity index (χ0) is 15.1. The van der Waals surface area contributed by atoms with Crippen LogP contribution < -0.4 is 10.6 Å². The van der Waals surface area contributed by atoms with E-state index in [1.807, 2.05) is 27.7 Å². The van der Waals surface area contributed by atoms with Gasteiger partial charge < -0.3 is 20.1 Å². The van der Waals surface area contributed by atoms with E-state index in [-0.39, 0.29) is 12.0 Å². The van der Waals surface area contributed by atoms with Crippen LogP contribution in [0.15, 0.2) is 0 Å². The summed E-state index contributed by atoms with van der Waals surface area (Å²) in [5, 5.41) is 5.77. The summed E-state index contributed by atoms with van der Waals surface area (Å²) in [4.78, 5) is 22.8. The molecule has 0 heterocycles. The van der Waals surface area contributed by atoms with Crippen molar-refractivity contribution >= 4 is 12.1 Å². The summed E-state index contributed by atoms with van der Waals surface area (Å²) >= 11 is 0. The van der Waals surface area contributed by atoms with Gasteiger partial charge in [0.25, 0.3) is 0 Å². The van der Waals surface area contributed by atoms with Gasteiger partial charge in [-0.1, -0.05) is 6.92 Å². The summed E-state index contributed by atoms with van der Waals surface area (Å²) in [5.74, 6) is -0.323. The van der Waals surface area contributed by atoms with Crippen LogP contribution in [0.3, 0.4) is 0 Å². The summed E-state index contributed by atoms with van der Waals surface area (Å²) in [6.07, 6.45) is 0.315. The van der Waals surface area contributed by atoms with Gasteiger partial charge in [0.15, 0.2) is 0 Å². The topological polar surface area (TPSA) is 76.7 Å². The Kier molecular flexibility index (Phi) is 7.44.